The molecule has 2 N–H and O–H groups in total. The van der Waals surface area contributed by atoms with Crippen molar-refractivity contribution >= 4 is 23.6 Å². The Kier molecular flexibility index (Phi) is 6.77. The van der Waals surface area contributed by atoms with E-state index in [2.05, 4.69) is 10.6 Å². The lowest BCUT2D eigenvalue weighted by Gasteiger charge is -2.13. The number of ether oxygens (including phenoxy) is 1. The van der Waals surface area contributed by atoms with Gasteiger partial charge in [-0.3, -0.25) is 9.59 Å². The van der Waals surface area contributed by atoms with Crippen molar-refractivity contribution in [2.45, 2.75) is 27.7 Å². The number of carbonyl (C=O) groups is 2. The predicted octanol–water partition coefficient (Wildman–Crippen LogP) is 3.70. The van der Waals surface area contributed by atoms with Gasteiger partial charge in [0.1, 0.15) is 5.75 Å². The van der Waals surface area contributed by atoms with Gasteiger partial charge in [-0.15, -0.1) is 0 Å². The van der Waals surface area contributed by atoms with Crippen molar-refractivity contribution in [2.24, 2.45) is 0 Å². The molecular weight excluding hydrogens is 340 g/mol. The number of benzene rings is 2. The molecule has 0 heterocycles. The molecule has 0 radical (unpaired) electrons. The Labute approximate surface area is 160 Å². The van der Waals surface area contributed by atoms with Crippen molar-refractivity contribution in [2.75, 3.05) is 19.0 Å². The fourth-order valence-electron chi connectivity index (χ4n) is 2.94. The van der Waals surface area contributed by atoms with Crippen LogP contribution < -0.4 is 15.4 Å². The van der Waals surface area contributed by atoms with Crippen LogP contribution in [0.5, 0.6) is 5.75 Å². The minimum atomic E-state index is -0.342. The van der Waals surface area contributed by atoms with Gasteiger partial charge in [0.15, 0.2) is 0 Å². The van der Waals surface area contributed by atoms with E-state index < -0.39 is 0 Å². The summed E-state index contributed by atoms with van der Waals surface area (Å²) in [5.41, 5.74) is 5.81. The van der Waals surface area contributed by atoms with Crippen molar-refractivity contribution < 1.29 is 14.3 Å². The summed E-state index contributed by atoms with van der Waals surface area (Å²) in [6, 6.07) is 9.75. The minimum absolute atomic E-state index is 0.0963. The molecule has 0 fully saturated rings. The highest BCUT2D eigenvalue weighted by molar-refractivity contribution is 5.98. The van der Waals surface area contributed by atoms with Gasteiger partial charge in [-0.2, -0.15) is 0 Å². The van der Waals surface area contributed by atoms with E-state index >= 15 is 0 Å². The standard InChI is InChI=1S/C22H26N2O3/c1-14-6-8-19(27-5)18(12-14)7-9-20(25)23-13-21(26)24-22-16(3)10-15(2)11-17(22)4/h6-12H,13H2,1-5H3,(H,23,25)(H,24,26). The van der Waals surface area contributed by atoms with Crippen molar-refractivity contribution in [1.82, 2.24) is 5.32 Å². The zero-order valence-corrected chi connectivity index (χ0v) is 16.5. The van der Waals surface area contributed by atoms with Gasteiger partial charge in [0.25, 0.3) is 0 Å². The average molecular weight is 366 g/mol. The van der Waals surface area contributed by atoms with Gasteiger partial charge in [0.2, 0.25) is 11.8 Å². The van der Waals surface area contributed by atoms with Crippen LogP contribution in [0.3, 0.4) is 0 Å². The Hall–Kier alpha value is -3.08. The molecule has 0 bridgehead atoms. The van der Waals surface area contributed by atoms with Gasteiger partial charge in [0, 0.05) is 17.3 Å². The number of rotatable bonds is 6. The lowest BCUT2D eigenvalue weighted by molar-refractivity contribution is -0.121. The van der Waals surface area contributed by atoms with Gasteiger partial charge in [0.05, 0.1) is 13.7 Å². The molecule has 0 spiro atoms. The van der Waals surface area contributed by atoms with Crippen LogP contribution in [0, 0.1) is 27.7 Å². The van der Waals surface area contributed by atoms with E-state index in [-0.39, 0.29) is 18.4 Å². The quantitative estimate of drug-likeness (QED) is 0.766. The number of hydrogen-bond donors (Lipinski definition) is 2. The molecule has 142 valence electrons. The first-order valence-corrected chi connectivity index (χ1v) is 8.78. The lowest BCUT2D eigenvalue weighted by atomic mass is 10.1. The van der Waals surface area contributed by atoms with Gasteiger partial charge in [-0.25, -0.2) is 0 Å². The Balaban J connectivity index is 1.94. The number of methoxy groups -OCH3 is 1. The van der Waals surface area contributed by atoms with Crippen LogP contribution in [0.15, 0.2) is 36.4 Å². The third-order valence-electron chi connectivity index (χ3n) is 4.16. The highest BCUT2D eigenvalue weighted by atomic mass is 16.5. The van der Waals surface area contributed by atoms with Gasteiger partial charge in [-0.05, 0) is 57.0 Å². The molecule has 0 saturated carbocycles. The second-order valence-corrected chi connectivity index (χ2v) is 6.62. The largest absolute Gasteiger partial charge is 0.496 e. The number of carbonyl (C=O) groups excluding carboxylic acids is 2. The average Bonchev–Trinajstić information content (AvgIpc) is 2.61. The summed E-state index contributed by atoms with van der Waals surface area (Å²) in [4.78, 5) is 24.2. The Morgan fingerprint density at radius 3 is 2.30 bits per heavy atom. The van der Waals surface area contributed by atoms with Crippen LogP contribution in [0.25, 0.3) is 6.08 Å². The molecule has 2 amide bonds. The molecule has 0 aliphatic carbocycles. The summed E-state index contributed by atoms with van der Waals surface area (Å²) >= 11 is 0. The van der Waals surface area contributed by atoms with E-state index in [0.29, 0.717) is 5.75 Å². The first kappa shape index (κ1) is 20.2. The minimum Gasteiger partial charge on any atom is -0.496 e. The molecule has 0 aliphatic heterocycles. The Morgan fingerprint density at radius 1 is 1.00 bits per heavy atom. The van der Waals surface area contributed by atoms with Crippen molar-refractivity contribution in [3.05, 3.63) is 64.2 Å². The molecule has 0 atom stereocenters. The zero-order chi connectivity index (χ0) is 20.0. The predicted molar refractivity (Wildman–Crippen MR) is 109 cm³/mol. The zero-order valence-electron chi connectivity index (χ0n) is 16.5. The summed E-state index contributed by atoms with van der Waals surface area (Å²) in [5.74, 6) is 0.0821. The maximum atomic E-state index is 12.2. The molecule has 0 unspecified atom stereocenters. The molecule has 2 aromatic carbocycles. The summed E-state index contributed by atoms with van der Waals surface area (Å²) in [6.45, 7) is 7.79. The monoisotopic (exact) mass is 366 g/mol. The second kappa shape index (κ2) is 9.03. The van der Waals surface area contributed by atoms with E-state index in [9.17, 15) is 9.59 Å². The molecule has 0 aromatic heterocycles. The first-order valence-electron chi connectivity index (χ1n) is 8.78. The van der Waals surface area contributed by atoms with Crippen molar-refractivity contribution in [3.63, 3.8) is 0 Å². The maximum Gasteiger partial charge on any atom is 0.244 e. The molecule has 27 heavy (non-hydrogen) atoms. The number of nitrogens with one attached hydrogen (secondary N) is 2. The van der Waals surface area contributed by atoms with Gasteiger partial charge < -0.3 is 15.4 Å². The van der Waals surface area contributed by atoms with Crippen LogP contribution in [0.1, 0.15) is 27.8 Å². The van der Waals surface area contributed by atoms with Gasteiger partial charge >= 0.3 is 0 Å². The van der Waals surface area contributed by atoms with Crippen LogP contribution in [-0.4, -0.2) is 25.5 Å². The number of hydrogen-bond acceptors (Lipinski definition) is 3. The van der Waals surface area contributed by atoms with E-state index in [1.807, 2.05) is 58.0 Å². The number of anilines is 1. The van der Waals surface area contributed by atoms with E-state index in [0.717, 1.165) is 33.5 Å². The number of amides is 2. The SMILES string of the molecule is COc1ccc(C)cc1C=CC(=O)NCC(=O)Nc1c(C)cc(C)cc1C. The highest BCUT2D eigenvalue weighted by Crippen LogP contribution is 2.22. The van der Waals surface area contributed by atoms with Crippen LogP contribution in [0.2, 0.25) is 0 Å². The van der Waals surface area contributed by atoms with Gasteiger partial charge in [-0.1, -0.05) is 29.3 Å². The summed E-state index contributed by atoms with van der Waals surface area (Å²) < 4.78 is 5.28. The molecule has 5 heteroatoms. The van der Waals surface area contributed by atoms with E-state index in [1.54, 1.807) is 13.2 Å². The van der Waals surface area contributed by atoms with E-state index in [1.165, 1.54) is 6.08 Å². The normalized spacial score (nSPS) is 10.7. The fourth-order valence-corrected chi connectivity index (χ4v) is 2.94. The van der Waals surface area contributed by atoms with Crippen molar-refractivity contribution in [1.29, 1.82) is 0 Å². The fraction of sp³-hybridized carbons (Fsp3) is 0.273. The molecule has 2 rings (SSSR count). The maximum absolute atomic E-state index is 12.2. The molecular formula is C22H26N2O3. The second-order valence-electron chi connectivity index (χ2n) is 6.62. The van der Waals surface area contributed by atoms with Crippen LogP contribution in [0.4, 0.5) is 5.69 Å². The van der Waals surface area contributed by atoms with E-state index in [4.69, 9.17) is 4.74 Å². The summed E-state index contributed by atoms with van der Waals surface area (Å²) in [5, 5.41) is 5.46. The third kappa shape index (κ3) is 5.71. The molecule has 0 aliphatic rings. The summed E-state index contributed by atoms with van der Waals surface area (Å²) in [7, 11) is 1.58. The molecule has 5 nitrogen and oxygen atoms in total. The lowest BCUT2D eigenvalue weighted by Crippen LogP contribution is -2.32. The number of aryl methyl sites for hydroxylation is 4. The molecule has 0 saturated heterocycles. The van der Waals surface area contributed by atoms with Crippen LogP contribution >= 0.6 is 0 Å². The van der Waals surface area contributed by atoms with Crippen molar-refractivity contribution in [3.8, 4) is 5.75 Å². The summed E-state index contributed by atoms with van der Waals surface area (Å²) in [6.07, 6.45) is 3.07. The smallest absolute Gasteiger partial charge is 0.244 e. The molecule has 2 aromatic rings. The highest BCUT2D eigenvalue weighted by Gasteiger charge is 2.09. The Bertz CT molecular complexity index is 862. The van der Waals surface area contributed by atoms with Crippen LogP contribution in [-0.2, 0) is 9.59 Å². The Morgan fingerprint density at radius 2 is 1.67 bits per heavy atom. The third-order valence-corrected chi connectivity index (χ3v) is 4.16. The topological polar surface area (TPSA) is 67.4 Å². The first-order chi connectivity index (χ1) is 12.8.